The van der Waals surface area contributed by atoms with Crippen LogP contribution >= 0.6 is 0 Å². The van der Waals surface area contributed by atoms with E-state index in [-0.39, 0.29) is 11.3 Å². The summed E-state index contributed by atoms with van der Waals surface area (Å²) < 4.78 is 37.1. The highest BCUT2D eigenvalue weighted by Gasteiger charge is 2.34. The average Bonchev–Trinajstić information content (AvgIpc) is 2.27. The van der Waals surface area contributed by atoms with Gasteiger partial charge in [0, 0.05) is 6.07 Å². The van der Waals surface area contributed by atoms with Crippen molar-refractivity contribution in [2.75, 3.05) is 0 Å². The number of allylic oxidation sites excluding steroid dienone is 1. The molecule has 19 heavy (non-hydrogen) atoms. The summed E-state index contributed by atoms with van der Waals surface area (Å²) in [6.07, 6.45) is -3.43. The molecule has 0 spiro atoms. The van der Waals surface area contributed by atoms with Crippen molar-refractivity contribution < 1.29 is 28.2 Å². The number of phenolic OH excluding ortho intramolecular Hbond substituents is 1. The SMILES string of the molecule is C/C=C(\C#[N+]c1ccc(C(F)(F)F)c(O)c1)C(=O)O. The summed E-state index contributed by atoms with van der Waals surface area (Å²) in [5, 5.41) is 17.9. The first-order valence-corrected chi connectivity index (χ1v) is 5.02. The quantitative estimate of drug-likeness (QED) is 0.608. The third-order valence-electron chi connectivity index (χ3n) is 2.11. The number of benzene rings is 1. The molecule has 2 N–H and O–H groups in total. The lowest BCUT2D eigenvalue weighted by Gasteiger charge is -2.06. The molecule has 0 aliphatic heterocycles. The lowest BCUT2D eigenvalue weighted by atomic mass is 10.2. The molecule has 0 radical (unpaired) electrons. The Balaban J connectivity index is 3.11. The van der Waals surface area contributed by atoms with Crippen molar-refractivity contribution >= 4 is 11.7 Å². The standard InChI is InChI=1S/C12H8F3NO3/c1-2-7(11(18)19)6-16-8-3-4-9(10(17)5-8)12(13,14)15/h2-5H,1H3,(H-,17,18,19)/p+1/b7-2+. The van der Waals surface area contributed by atoms with E-state index in [0.29, 0.717) is 6.07 Å². The second-order valence-corrected chi connectivity index (χ2v) is 3.43. The molecule has 0 aliphatic carbocycles. The van der Waals surface area contributed by atoms with Gasteiger partial charge in [0.1, 0.15) is 5.75 Å². The minimum Gasteiger partial charge on any atom is -0.507 e. The van der Waals surface area contributed by atoms with Gasteiger partial charge in [-0.3, -0.25) is 0 Å². The van der Waals surface area contributed by atoms with Gasteiger partial charge in [0.2, 0.25) is 0 Å². The van der Waals surface area contributed by atoms with E-state index in [2.05, 4.69) is 10.9 Å². The number of rotatable bonds is 1. The van der Waals surface area contributed by atoms with Gasteiger partial charge in [-0.15, -0.1) is 0 Å². The third kappa shape index (κ3) is 3.74. The Morgan fingerprint density at radius 1 is 1.42 bits per heavy atom. The molecule has 0 aromatic heterocycles. The van der Waals surface area contributed by atoms with Crippen LogP contribution in [0.2, 0.25) is 0 Å². The number of carbonyl (C=O) groups is 1. The van der Waals surface area contributed by atoms with E-state index in [9.17, 15) is 23.1 Å². The van der Waals surface area contributed by atoms with Crippen LogP contribution in [-0.2, 0) is 11.0 Å². The van der Waals surface area contributed by atoms with Crippen molar-refractivity contribution in [1.29, 1.82) is 0 Å². The van der Waals surface area contributed by atoms with Crippen LogP contribution in [0, 0.1) is 6.07 Å². The molecule has 0 bridgehead atoms. The predicted octanol–water partition coefficient (Wildman–Crippen LogP) is 3.41. The number of alkyl halides is 3. The summed E-state index contributed by atoms with van der Waals surface area (Å²) in [5.74, 6) is -2.24. The van der Waals surface area contributed by atoms with Crippen LogP contribution in [-0.4, -0.2) is 16.2 Å². The van der Waals surface area contributed by atoms with Crippen molar-refractivity contribution in [3.8, 4) is 11.8 Å². The number of phenols is 1. The van der Waals surface area contributed by atoms with E-state index in [4.69, 9.17) is 5.11 Å². The van der Waals surface area contributed by atoms with Crippen molar-refractivity contribution in [1.82, 2.24) is 0 Å². The summed E-state index contributed by atoms with van der Waals surface area (Å²) in [6, 6.07) is 4.61. The first-order chi connectivity index (χ1) is 8.75. The molecule has 1 aromatic carbocycles. The Kier molecular flexibility index (Phi) is 4.17. The van der Waals surface area contributed by atoms with Crippen molar-refractivity contribution in [2.24, 2.45) is 0 Å². The predicted molar refractivity (Wildman–Crippen MR) is 61.4 cm³/mol. The van der Waals surface area contributed by atoms with Crippen LogP contribution in [0.1, 0.15) is 12.5 Å². The molecular weight excluding hydrogens is 263 g/mol. The van der Waals surface area contributed by atoms with Crippen molar-refractivity contribution in [2.45, 2.75) is 13.1 Å². The Bertz CT molecular complexity index is 594. The van der Waals surface area contributed by atoms with Gasteiger partial charge in [0.05, 0.1) is 11.6 Å². The Morgan fingerprint density at radius 2 is 2.05 bits per heavy atom. The summed E-state index contributed by atoms with van der Waals surface area (Å²) in [4.78, 5) is 14.2. The Labute approximate surface area is 106 Å². The van der Waals surface area contributed by atoms with Gasteiger partial charge >= 0.3 is 23.9 Å². The third-order valence-corrected chi connectivity index (χ3v) is 2.11. The fraction of sp³-hybridized carbons (Fsp3) is 0.167. The van der Waals surface area contributed by atoms with Crippen LogP contribution in [0.15, 0.2) is 29.8 Å². The van der Waals surface area contributed by atoms with Gasteiger partial charge in [-0.05, 0) is 17.8 Å². The fourth-order valence-electron chi connectivity index (χ4n) is 1.19. The topological polar surface area (TPSA) is 61.9 Å². The van der Waals surface area contributed by atoms with Gasteiger partial charge in [-0.1, -0.05) is 6.08 Å². The zero-order chi connectivity index (χ0) is 14.6. The normalized spacial score (nSPS) is 11.7. The average molecular weight is 272 g/mol. The first kappa shape index (κ1) is 14.6. The Morgan fingerprint density at radius 3 is 2.47 bits per heavy atom. The Hall–Kier alpha value is -2.49. The number of aliphatic carboxylic acids is 1. The van der Waals surface area contributed by atoms with E-state index in [0.717, 1.165) is 12.1 Å². The van der Waals surface area contributed by atoms with Gasteiger partial charge in [-0.2, -0.15) is 13.2 Å². The van der Waals surface area contributed by atoms with Crippen LogP contribution in [0.3, 0.4) is 0 Å². The highest BCUT2D eigenvalue weighted by molar-refractivity contribution is 5.91. The number of aromatic hydroxyl groups is 1. The smallest absolute Gasteiger partial charge is 0.419 e. The van der Waals surface area contributed by atoms with Gasteiger partial charge in [0.15, 0.2) is 5.57 Å². The zero-order valence-electron chi connectivity index (χ0n) is 9.69. The molecule has 0 fully saturated rings. The molecule has 1 aromatic rings. The number of nitrogens with zero attached hydrogens (tertiary/aromatic N) is 1. The molecule has 0 atom stereocenters. The second-order valence-electron chi connectivity index (χ2n) is 3.43. The molecule has 0 amide bonds. The van der Waals surface area contributed by atoms with E-state index in [1.807, 2.05) is 0 Å². The van der Waals surface area contributed by atoms with Gasteiger partial charge in [0.25, 0.3) is 0 Å². The maximum absolute atomic E-state index is 12.4. The maximum atomic E-state index is 12.4. The van der Waals surface area contributed by atoms with E-state index in [1.165, 1.54) is 13.0 Å². The number of carboxylic acids is 1. The van der Waals surface area contributed by atoms with Crippen LogP contribution in [0.5, 0.6) is 5.75 Å². The maximum Gasteiger partial charge on any atom is 0.419 e. The van der Waals surface area contributed by atoms with Crippen LogP contribution < -0.4 is 0 Å². The monoisotopic (exact) mass is 272 g/mol. The number of carboxylic acid groups (broad SMARTS) is 1. The molecule has 1 rings (SSSR count). The second kappa shape index (κ2) is 5.44. The van der Waals surface area contributed by atoms with Gasteiger partial charge in [-0.25, -0.2) is 4.79 Å². The van der Waals surface area contributed by atoms with Crippen molar-refractivity contribution in [3.05, 3.63) is 40.3 Å². The molecule has 0 aliphatic rings. The highest BCUT2D eigenvalue weighted by Crippen LogP contribution is 2.37. The zero-order valence-corrected chi connectivity index (χ0v) is 9.69. The number of halogens is 3. The van der Waals surface area contributed by atoms with E-state index in [1.54, 1.807) is 0 Å². The summed E-state index contributed by atoms with van der Waals surface area (Å²) in [5.41, 5.74) is -1.46. The molecule has 0 saturated heterocycles. The number of hydrogen-bond donors (Lipinski definition) is 2. The molecular formula is C12H9F3NO3+. The van der Waals surface area contributed by atoms with E-state index < -0.39 is 23.5 Å². The summed E-state index contributed by atoms with van der Waals surface area (Å²) in [7, 11) is 0. The van der Waals surface area contributed by atoms with Crippen LogP contribution in [0.25, 0.3) is 4.85 Å². The number of hydrogen-bond acceptors (Lipinski definition) is 2. The summed E-state index contributed by atoms with van der Waals surface area (Å²) >= 11 is 0. The first-order valence-electron chi connectivity index (χ1n) is 5.02. The van der Waals surface area contributed by atoms with Crippen LogP contribution in [0.4, 0.5) is 18.9 Å². The molecule has 0 saturated carbocycles. The minimum atomic E-state index is -4.66. The molecule has 100 valence electrons. The van der Waals surface area contributed by atoms with E-state index >= 15 is 0 Å². The van der Waals surface area contributed by atoms with Gasteiger partial charge < -0.3 is 10.2 Å². The minimum absolute atomic E-state index is 0.0360. The lowest BCUT2D eigenvalue weighted by Crippen LogP contribution is -2.04. The summed E-state index contributed by atoms with van der Waals surface area (Å²) in [6.45, 7) is 1.45. The fourth-order valence-corrected chi connectivity index (χ4v) is 1.19. The highest BCUT2D eigenvalue weighted by atomic mass is 19.4. The molecule has 0 heterocycles. The van der Waals surface area contributed by atoms with Crippen molar-refractivity contribution in [3.63, 3.8) is 0 Å². The molecule has 7 heteroatoms. The molecule has 0 unspecified atom stereocenters. The molecule has 4 nitrogen and oxygen atoms in total. The lowest BCUT2D eigenvalue weighted by molar-refractivity contribution is -0.138. The largest absolute Gasteiger partial charge is 0.507 e.